The minimum atomic E-state index is 0. The molecule has 1 aromatic carbocycles. The van der Waals surface area contributed by atoms with Gasteiger partial charge in [-0.05, 0) is 37.4 Å². The minimum absolute atomic E-state index is 0. The van der Waals surface area contributed by atoms with Crippen LogP contribution < -0.4 is 10.6 Å². The Labute approximate surface area is 195 Å². The van der Waals surface area contributed by atoms with Crippen LogP contribution in [0.4, 0.5) is 0 Å². The quantitative estimate of drug-likeness (QED) is 0.248. The van der Waals surface area contributed by atoms with E-state index >= 15 is 0 Å². The Morgan fingerprint density at radius 1 is 1.07 bits per heavy atom. The van der Waals surface area contributed by atoms with Crippen LogP contribution >= 0.6 is 24.0 Å². The van der Waals surface area contributed by atoms with Gasteiger partial charge in [-0.3, -0.25) is 9.89 Å². The van der Waals surface area contributed by atoms with Gasteiger partial charge in [0, 0.05) is 19.2 Å². The molecule has 3 aromatic rings. The van der Waals surface area contributed by atoms with E-state index in [1.54, 1.807) is 19.6 Å². The van der Waals surface area contributed by atoms with Gasteiger partial charge in [-0.1, -0.05) is 32.0 Å². The highest BCUT2D eigenvalue weighted by Crippen LogP contribution is 2.20. The summed E-state index contributed by atoms with van der Waals surface area (Å²) >= 11 is 0. The van der Waals surface area contributed by atoms with Gasteiger partial charge in [-0.2, -0.15) is 0 Å². The molecule has 0 aliphatic heterocycles. The largest absolute Gasteiger partial charge is 0.468 e. The van der Waals surface area contributed by atoms with E-state index in [0.717, 1.165) is 30.1 Å². The molecule has 0 amide bonds. The Morgan fingerprint density at radius 2 is 1.83 bits per heavy atom. The highest BCUT2D eigenvalue weighted by atomic mass is 127. The number of benzene rings is 1. The Kier molecular flexibility index (Phi) is 9.88. The molecule has 3 rings (SSSR count). The molecular formula is C22H30IN5O2. The molecule has 8 heteroatoms. The third kappa shape index (κ3) is 6.33. The maximum absolute atomic E-state index is 5.66. The number of furan rings is 1. The smallest absolute Gasteiger partial charge is 0.226 e. The molecule has 0 radical (unpaired) electrons. The fourth-order valence-corrected chi connectivity index (χ4v) is 3.24. The number of rotatable bonds is 9. The number of halogens is 1. The molecule has 0 spiro atoms. The first kappa shape index (κ1) is 23.9. The number of nitrogens with zero attached hydrogens (tertiary/aromatic N) is 3. The minimum Gasteiger partial charge on any atom is -0.468 e. The average molecular weight is 523 g/mol. The molecule has 1 atom stereocenters. The number of hydrogen-bond acceptors (Lipinski definition) is 5. The predicted octanol–water partition coefficient (Wildman–Crippen LogP) is 4.30. The summed E-state index contributed by atoms with van der Waals surface area (Å²) < 4.78 is 11.2. The van der Waals surface area contributed by atoms with E-state index in [4.69, 9.17) is 8.83 Å². The standard InChI is InChI=1S/C22H29N5O2.HI/c1-4-27(5-2)19(20-12-9-13-28-20)15-25-22(23-3)24-14-18-16-29-21(26-18)17-10-7-6-8-11-17;/h6-13,16,19H,4-5,14-15H2,1-3H3,(H2,23,24,25);1H. The first-order chi connectivity index (χ1) is 14.2. The van der Waals surface area contributed by atoms with E-state index in [1.807, 2.05) is 42.5 Å². The second-order valence-electron chi connectivity index (χ2n) is 6.57. The number of aromatic nitrogens is 1. The van der Waals surface area contributed by atoms with Crippen molar-refractivity contribution < 1.29 is 8.83 Å². The Bertz CT molecular complexity index is 876. The summed E-state index contributed by atoms with van der Waals surface area (Å²) in [6.45, 7) is 7.39. The molecule has 0 aliphatic rings. The lowest BCUT2D eigenvalue weighted by atomic mass is 10.2. The molecule has 0 aliphatic carbocycles. The monoisotopic (exact) mass is 523 g/mol. The molecule has 0 fully saturated rings. The zero-order chi connectivity index (χ0) is 20.5. The van der Waals surface area contributed by atoms with Gasteiger partial charge in [0.05, 0.1) is 24.5 Å². The molecule has 0 saturated carbocycles. The number of oxazole rings is 1. The number of aliphatic imine (C=N–C) groups is 1. The van der Waals surface area contributed by atoms with Gasteiger partial charge in [0.25, 0.3) is 0 Å². The highest BCUT2D eigenvalue weighted by molar-refractivity contribution is 14.0. The summed E-state index contributed by atoms with van der Waals surface area (Å²) in [6, 6.07) is 13.9. The van der Waals surface area contributed by atoms with E-state index in [-0.39, 0.29) is 30.0 Å². The van der Waals surface area contributed by atoms with Crippen molar-refractivity contribution in [1.82, 2.24) is 20.5 Å². The first-order valence-electron chi connectivity index (χ1n) is 9.96. The summed E-state index contributed by atoms with van der Waals surface area (Å²) in [6.07, 6.45) is 3.39. The molecule has 0 bridgehead atoms. The lowest BCUT2D eigenvalue weighted by Crippen LogP contribution is -2.43. The van der Waals surface area contributed by atoms with Gasteiger partial charge in [0.1, 0.15) is 12.0 Å². The molecule has 2 heterocycles. The van der Waals surface area contributed by atoms with Gasteiger partial charge in [-0.15, -0.1) is 24.0 Å². The van der Waals surface area contributed by atoms with Gasteiger partial charge in [0.2, 0.25) is 5.89 Å². The van der Waals surface area contributed by atoms with Crippen molar-refractivity contribution in [3.63, 3.8) is 0 Å². The maximum Gasteiger partial charge on any atom is 0.226 e. The Hall–Kier alpha value is -2.33. The van der Waals surface area contributed by atoms with E-state index in [2.05, 4.69) is 39.4 Å². The van der Waals surface area contributed by atoms with Crippen molar-refractivity contribution in [1.29, 1.82) is 0 Å². The Morgan fingerprint density at radius 3 is 2.47 bits per heavy atom. The highest BCUT2D eigenvalue weighted by Gasteiger charge is 2.20. The third-order valence-corrected chi connectivity index (χ3v) is 4.82. The molecule has 0 saturated heterocycles. The van der Waals surface area contributed by atoms with Gasteiger partial charge in [-0.25, -0.2) is 4.98 Å². The van der Waals surface area contributed by atoms with Gasteiger partial charge in [0.15, 0.2) is 5.96 Å². The SMILES string of the molecule is CCN(CC)C(CNC(=NC)NCc1coc(-c2ccccc2)n1)c1ccco1.I. The third-order valence-electron chi connectivity index (χ3n) is 4.82. The number of guanidine groups is 1. The fourth-order valence-electron chi connectivity index (χ4n) is 3.24. The van der Waals surface area contributed by atoms with E-state index in [1.165, 1.54) is 0 Å². The lowest BCUT2D eigenvalue weighted by Gasteiger charge is -2.28. The van der Waals surface area contributed by atoms with Crippen molar-refractivity contribution in [2.24, 2.45) is 4.99 Å². The van der Waals surface area contributed by atoms with Crippen molar-refractivity contribution >= 4 is 29.9 Å². The maximum atomic E-state index is 5.66. The lowest BCUT2D eigenvalue weighted by molar-refractivity contribution is 0.193. The van der Waals surface area contributed by atoms with E-state index in [0.29, 0.717) is 24.9 Å². The van der Waals surface area contributed by atoms with Gasteiger partial charge >= 0.3 is 0 Å². The number of likely N-dealkylation sites (N-methyl/N-ethyl adjacent to an activating group) is 1. The van der Waals surface area contributed by atoms with E-state index < -0.39 is 0 Å². The molecule has 2 N–H and O–H groups in total. The molecule has 2 aromatic heterocycles. The average Bonchev–Trinajstić information content (AvgIpc) is 3.46. The van der Waals surface area contributed by atoms with Crippen LogP contribution in [0.3, 0.4) is 0 Å². The molecule has 162 valence electrons. The molecule has 1 unspecified atom stereocenters. The van der Waals surface area contributed by atoms with E-state index in [9.17, 15) is 0 Å². The normalized spacial score (nSPS) is 12.5. The summed E-state index contributed by atoms with van der Waals surface area (Å²) in [5, 5.41) is 6.69. The van der Waals surface area contributed by atoms with Crippen molar-refractivity contribution in [3.05, 3.63) is 66.4 Å². The van der Waals surface area contributed by atoms with Crippen LogP contribution in [0.5, 0.6) is 0 Å². The summed E-state index contributed by atoms with van der Waals surface area (Å²) in [4.78, 5) is 11.2. The van der Waals surface area contributed by atoms with Crippen molar-refractivity contribution in [2.75, 3.05) is 26.7 Å². The Balaban J connectivity index is 0.00000320. The first-order valence-corrected chi connectivity index (χ1v) is 9.96. The molecular weight excluding hydrogens is 493 g/mol. The van der Waals surface area contributed by atoms with Crippen molar-refractivity contribution in [3.8, 4) is 11.5 Å². The zero-order valence-corrected chi connectivity index (χ0v) is 20.0. The summed E-state index contributed by atoms with van der Waals surface area (Å²) in [7, 11) is 1.76. The van der Waals surface area contributed by atoms with Gasteiger partial charge < -0.3 is 19.5 Å². The molecule has 30 heavy (non-hydrogen) atoms. The van der Waals surface area contributed by atoms with Crippen LogP contribution in [0.25, 0.3) is 11.5 Å². The second-order valence-corrected chi connectivity index (χ2v) is 6.57. The van der Waals surface area contributed by atoms with Crippen LogP contribution in [-0.2, 0) is 6.54 Å². The zero-order valence-electron chi connectivity index (χ0n) is 17.7. The van der Waals surface area contributed by atoms with Crippen LogP contribution in [0, 0.1) is 0 Å². The number of nitrogens with one attached hydrogen (secondary N) is 2. The predicted molar refractivity (Wildman–Crippen MR) is 130 cm³/mol. The summed E-state index contributed by atoms with van der Waals surface area (Å²) in [5.41, 5.74) is 1.78. The fraction of sp³-hybridized carbons (Fsp3) is 0.364. The molecule has 7 nitrogen and oxygen atoms in total. The van der Waals surface area contributed by atoms with Crippen LogP contribution in [0.15, 0.2) is 68.8 Å². The van der Waals surface area contributed by atoms with Crippen LogP contribution in [-0.4, -0.2) is 42.5 Å². The number of hydrogen-bond donors (Lipinski definition) is 2. The second kappa shape index (κ2) is 12.4. The van der Waals surface area contributed by atoms with Crippen molar-refractivity contribution in [2.45, 2.75) is 26.4 Å². The van der Waals surface area contributed by atoms with Crippen LogP contribution in [0.2, 0.25) is 0 Å². The topological polar surface area (TPSA) is 78.8 Å². The summed E-state index contributed by atoms with van der Waals surface area (Å²) in [5.74, 6) is 2.27. The van der Waals surface area contributed by atoms with Crippen LogP contribution in [0.1, 0.15) is 31.3 Å².